The van der Waals surface area contributed by atoms with E-state index in [9.17, 15) is 0 Å². The van der Waals surface area contributed by atoms with E-state index in [0.29, 0.717) is 6.61 Å². The number of rotatable bonds is 3. The molecular formula is C9H10BrNO. The molecule has 0 N–H and O–H groups in total. The number of halogens is 1. The second-order valence-corrected chi connectivity index (χ2v) is 2.71. The Balaban J connectivity index is 2.80. The molecule has 0 atom stereocenters. The predicted molar refractivity (Wildman–Crippen MR) is 53.4 cm³/mol. The van der Waals surface area contributed by atoms with E-state index in [1.165, 1.54) is 0 Å². The van der Waals surface area contributed by atoms with Crippen molar-refractivity contribution in [2.75, 3.05) is 6.61 Å². The van der Waals surface area contributed by atoms with E-state index in [1.54, 1.807) is 17.4 Å². The standard InChI is InChI=1S/C9H10BrNO/c1-2-12-9-5-8(3-4-10)6-11-7-9/h3-7H,2H2,1H3/b4-3+. The van der Waals surface area contributed by atoms with Crippen molar-refractivity contribution in [2.45, 2.75) is 6.92 Å². The van der Waals surface area contributed by atoms with Crippen LogP contribution in [0, 0.1) is 0 Å². The highest BCUT2D eigenvalue weighted by Crippen LogP contribution is 2.12. The molecule has 0 saturated heterocycles. The first kappa shape index (κ1) is 9.26. The summed E-state index contributed by atoms with van der Waals surface area (Å²) in [6.45, 7) is 2.62. The van der Waals surface area contributed by atoms with Crippen molar-refractivity contribution in [1.82, 2.24) is 4.98 Å². The van der Waals surface area contributed by atoms with Crippen LogP contribution < -0.4 is 4.74 Å². The molecule has 0 unspecified atom stereocenters. The molecule has 1 aromatic rings. The molecule has 0 aromatic carbocycles. The average Bonchev–Trinajstić information content (AvgIpc) is 2.06. The molecule has 1 rings (SSSR count). The fourth-order valence-corrected chi connectivity index (χ4v) is 1.15. The summed E-state index contributed by atoms with van der Waals surface area (Å²) in [4.78, 5) is 5.82. The minimum absolute atomic E-state index is 0.670. The molecule has 0 aliphatic carbocycles. The molecule has 0 amide bonds. The van der Waals surface area contributed by atoms with Gasteiger partial charge in [0.05, 0.1) is 12.8 Å². The SMILES string of the molecule is CCOc1cncc(/C=C/Br)c1. The Labute approximate surface area is 80.4 Å². The van der Waals surface area contributed by atoms with Crippen LogP contribution in [0.5, 0.6) is 5.75 Å². The molecule has 0 spiro atoms. The van der Waals surface area contributed by atoms with Gasteiger partial charge in [-0.25, -0.2) is 0 Å². The number of hydrogen-bond donors (Lipinski definition) is 0. The molecule has 2 nitrogen and oxygen atoms in total. The van der Waals surface area contributed by atoms with Crippen LogP contribution in [-0.2, 0) is 0 Å². The lowest BCUT2D eigenvalue weighted by Gasteiger charge is -2.01. The van der Waals surface area contributed by atoms with Gasteiger partial charge in [0, 0.05) is 6.20 Å². The Hall–Kier alpha value is -0.830. The molecule has 1 aromatic heterocycles. The highest BCUT2D eigenvalue weighted by molar-refractivity contribution is 9.11. The third-order valence-corrected chi connectivity index (χ3v) is 1.57. The summed E-state index contributed by atoms with van der Waals surface area (Å²) in [5, 5.41) is 0. The number of pyridine rings is 1. The Morgan fingerprint density at radius 3 is 3.08 bits per heavy atom. The summed E-state index contributed by atoms with van der Waals surface area (Å²) in [5.74, 6) is 0.806. The number of hydrogen-bond acceptors (Lipinski definition) is 2. The highest BCUT2D eigenvalue weighted by atomic mass is 79.9. The third-order valence-electron chi connectivity index (χ3n) is 1.30. The quantitative estimate of drug-likeness (QED) is 0.793. The summed E-state index contributed by atoms with van der Waals surface area (Å²) in [6.07, 6.45) is 5.39. The lowest BCUT2D eigenvalue weighted by atomic mass is 10.3. The van der Waals surface area contributed by atoms with Gasteiger partial charge in [0.2, 0.25) is 0 Å². The van der Waals surface area contributed by atoms with Crippen LogP contribution in [0.3, 0.4) is 0 Å². The normalized spacial score (nSPS) is 10.5. The highest BCUT2D eigenvalue weighted by Gasteiger charge is 1.92. The summed E-state index contributed by atoms with van der Waals surface area (Å²) in [7, 11) is 0. The number of ether oxygens (including phenoxy) is 1. The molecule has 64 valence electrons. The minimum Gasteiger partial charge on any atom is -0.492 e. The van der Waals surface area contributed by atoms with Gasteiger partial charge in [-0.1, -0.05) is 15.9 Å². The molecular weight excluding hydrogens is 218 g/mol. The van der Waals surface area contributed by atoms with Gasteiger partial charge in [-0.2, -0.15) is 0 Å². The Kier molecular flexibility index (Phi) is 3.80. The van der Waals surface area contributed by atoms with Crippen LogP contribution in [0.2, 0.25) is 0 Å². The van der Waals surface area contributed by atoms with Crippen molar-refractivity contribution in [1.29, 1.82) is 0 Å². The van der Waals surface area contributed by atoms with Crippen molar-refractivity contribution in [2.24, 2.45) is 0 Å². The molecule has 0 saturated carbocycles. The molecule has 12 heavy (non-hydrogen) atoms. The molecule has 0 fully saturated rings. The molecule has 0 radical (unpaired) electrons. The zero-order valence-corrected chi connectivity index (χ0v) is 8.41. The topological polar surface area (TPSA) is 22.1 Å². The van der Waals surface area contributed by atoms with E-state index in [2.05, 4.69) is 20.9 Å². The predicted octanol–water partition coefficient (Wildman–Crippen LogP) is 2.85. The van der Waals surface area contributed by atoms with Gasteiger partial charge in [-0.3, -0.25) is 4.98 Å². The molecule has 3 heteroatoms. The van der Waals surface area contributed by atoms with E-state index in [0.717, 1.165) is 11.3 Å². The van der Waals surface area contributed by atoms with Gasteiger partial charge in [-0.15, -0.1) is 0 Å². The van der Waals surface area contributed by atoms with Gasteiger partial charge < -0.3 is 4.74 Å². The van der Waals surface area contributed by atoms with Crippen molar-refractivity contribution in [3.63, 3.8) is 0 Å². The number of nitrogens with zero attached hydrogens (tertiary/aromatic N) is 1. The second-order valence-electron chi connectivity index (χ2n) is 2.18. The third kappa shape index (κ3) is 2.66. The Morgan fingerprint density at radius 1 is 1.58 bits per heavy atom. The molecule has 1 heterocycles. The van der Waals surface area contributed by atoms with Crippen LogP contribution in [0.4, 0.5) is 0 Å². The average molecular weight is 228 g/mol. The molecule has 0 aliphatic rings. The Morgan fingerprint density at radius 2 is 2.42 bits per heavy atom. The van der Waals surface area contributed by atoms with Gasteiger partial charge >= 0.3 is 0 Å². The molecule has 0 bridgehead atoms. The van der Waals surface area contributed by atoms with E-state index in [-0.39, 0.29) is 0 Å². The lowest BCUT2D eigenvalue weighted by Crippen LogP contribution is -1.91. The first-order valence-electron chi connectivity index (χ1n) is 3.71. The van der Waals surface area contributed by atoms with Crippen LogP contribution in [0.15, 0.2) is 23.4 Å². The fraction of sp³-hybridized carbons (Fsp3) is 0.222. The largest absolute Gasteiger partial charge is 0.492 e. The van der Waals surface area contributed by atoms with Crippen LogP contribution in [0.25, 0.3) is 6.08 Å². The maximum atomic E-state index is 5.28. The van der Waals surface area contributed by atoms with Gasteiger partial charge in [0.1, 0.15) is 5.75 Å². The first-order chi connectivity index (χ1) is 5.86. The summed E-state index contributed by atoms with van der Waals surface area (Å²) in [6, 6.07) is 1.94. The Bertz CT molecular complexity index is 273. The number of aromatic nitrogens is 1. The van der Waals surface area contributed by atoms with E-state index >= 15 is 0 Å². The minimum atomic E-state index is 0.670. The van der Waals surface area contributed by atoms with E-state index < -0.39 is 0 Å². The van der Waals surface area contributed by atoms with Crippen molar-refractivity contribution < 1.29 is 4.74 Å². The second kappa shape index (κ2) is 4.93. The fourth-order valence-electron chi connectivity index (χ4n) is 0.845. The van der Waals surface area contributed by atoms with Gasteiger partial charge in [0.15, 0.2) is 0 Å². The van der Waals surface area contributed by atoms with Crippen LogP contribution >= 0.6 is 15.9 Å². The van der Waals surface area contributed by atoms with Crippen molar-refractivity contribution >= 4 is 22.0 Å². The van der Waals surface area contributed by atoms with E-state index in [4.69, 9.17) is 4.74 Å². The summed E-state index contributed by atoms with van der Waals surface area (Å²) in [5.41, 5.74) is 1.03. The lowest BCUT2D eigenvalue weighted by molar-refractivity contribution is 0.339. The zero-order chi connectivity index (χ0) is 8.81. The summed E-state index contributed by atoms with van der Waals surface area (Å²) < 4.78 is 5.28. The molecule has 0 aliphatic heterocycles. The van der Waals surface area contributed by atoms with Crippen LogP contribution in [-0.4, -0.2) is 11.6 Å². The van der Waals surface area contributed by atoms with Gasteiger partial charge in [0.25, 0.3) is 0 Å². The zero-order valence-electron chi connectivity index (χ0n) is 6.83. The first-order valence-corrected chi connectivity index (χ1v) is 4.63. The summed E-state index contributed by atoms with van der Waals surface area (Å²) >= 11 is 3.20. The maximum absolute atomic E-state index is 5.28. The maximum Gasteiger partial charge on any atom is 0.138 e. The monoisotopic (exact) mass is 227 g/mol. The van der Waals surface area contributed by atoms with Crippen molar-refractivity contribution in [3.8, 4) is 5.75 Å². The van der Waals surface area contributed by atoms with Gasteiger partial charge in [-0.05, 0) is 29.6 Å². The smallest absolute Gasteiger partial charge is 0.138 e. The van der Waals surface area contributed by atoms with E-state index in [1.807, 2.05) is 19.1 Å². The van der Waals surface area contributed by atoms with Crippen LogP contribution in [0.1, 0.15) is 12.5 Å². The van der Waals surface area contributed by atoms with Crippen molar-refractivity contribution in [3.05, 3.63) is 29.0 Å².